The number of likely N-dealkylation sites (N-methyl/N-ethyl adjacent to an activating group) is 1. The van der Waals surface area contributed by atoms with Crippen LogP contribution in [0.15, 0.2) is 23.8 Å². The molecule has 0 atom stereocenters. The molecule has 0 aliphatic carbocycles. The molecule has 0 unspecified atom stereocenters. The first kappa shape index (κ1) is 7.55. The van der Waals surface area contributed by atoms with E-state index in [1.54, 1.807) is 0 Å². The molecule has 1 rings (SSSR count). The van der Waals surface area contributed by atoms with Crippen molar-refractivity contribution in [3.63, 3.8) is 0 Å². The molecule has 1 nitrogen and oxygen atoms in total. The third-order valence-corrected chi connectivity index (χ3v) is 2.03. The third-order valence-electron chi connectivity index (χ3n) is 2.03. The van der Waals surface area contributed by atoms with Crippen molar-refractivity contribution in [2.75, 3.05) is 20.1 Å². The van der Waals surface area contributed by atoms with E-state index in [9.17, 15) is 0 Å². The quantitative estimate of drug-likeness (QED) is 0.492. The zero-order chi connectivity index (χ0) is 7.56. The first-order chi connectivity index (χ1) is 4.74. The lowest BCUT2D eigenvalue weighted by Gasteiger charge is -2.25. The molecule has 1 aliphatic heterocycles. The summed E-state index contributed by atoms with van der Waals surface area (Å²) in [6.07, 6.45) is 3.35. The lowest BCUT2D eigenvalue weighted by Crippen LogP contribution is -2.27. The maximum atomic E-state index is 4.01. The summed E-state index contributed by atoms with van der Waals surface area (Å²) in [6.45, 7) is 8.32. The molecule has 56 valence electrons. The SMILES string of the molecule is C=C1CN(C)CC/C1=C\C. The van der Waals surface area contributed by atoms with Crippen LogP contribution in [0.2, 0.25) is 0 Å². The van der Waals surface area contributed by atoms with Crippen molar-refractivity contribution in [3.05, 3.63) is 23.8 Å². The van der Waals surface area contributed by atoms with Crippen LogP contribution in [0, 0.1) is 0 Å². The van der Waals surface area contributed by atoms with E-state index < -0.39 is 0 Å². The molecule has 0 saturated carbocycles. The van der Waals surface area contributed by atoms with E-state index in [0.717, 1.165) is 6.54 Å². The zero-order valence-electron chi connectivity index (χ0n) is 6.85. The summed E-state index contributed by atoms with van der Waals surface area (Å²) in [4.78, 5) is 2.30. The highest BCUT2D eigenvalue weighted by atomic mass is 15.1. The molecule has 10 heavy (non-hydrogen) atoms. The molecule has 1 aliphatic rings. The third kappa shape index (κ3) is 1.48. The van der Waals surface area contributed by atoms with Gasteiger partial charge >= 0.3 is 0 Å². The van der Waals surface area contributed by atoms with E-state index >= 15 is 0 Å². The van der Waals surface area contributed by atoms with E-state index in [1.807, 2.05) is 0 Å². The van der Waals surface area contributed by atoms with Gasteiger partial charge in [-0.3, -0.25) is 0 Å². The van der Waals surface area contributed by atoms with Gasteiger partial charge in [0.15, 0.2) is 0 Å². The number of hydrogen-bond acceptors (Lipinski definition) is 1. The number of rotatable bonds is 0. The van der Waals surface area contributed by atoms with E-state index in [2.05, 4.69) is 31.5 Å². The summed E-state index contributed by atoms with van der Waals surface area (Å²) in [5.74, 6) is 0. The average molecular weight is 137 g/mol. The van der Waals surface area contributed by atoms with Crippen molar-refractivity contribution in [1.29, 1.82) is 0 Å². The minimum absolute atomic E-state index is 1.04. The van der Waals surface area contributed by atoms with Gasteiger partial charge in [-0.2, -0.15) is 0 Å². The molecule has 0 radical (unpaired) electrons. The fraction of sp³-hybridized carbons (Fsp3) is 0.556. The molecule has 0 amide bonds. The van der Waals surface area contributed by atoms with Crippen LogP contribution in [0.25, 0.3) is 0 Å². The molecular weight excluding hydrogens is 122 g/mol. The van der Waals surface area contributed by atoms with Crippen molar-refractivity contribution in [3.8, 4) is 0 Å². The Morgan fingerprint density at radius 2 is 2.30 bits per heavy atom. The van der Waals surface area contributed by atoms with Gasteiger partial charge in [-0.05, 0) is 31.5 Å². The molecule has 0 aromatic rings. The van der Waals surface area contributed by atoms with Crippen molar-refractivity contribution >= 4 is 0 Å². The summed E-state index contributed by atoms with van der Waals surface area (Å²) in [5.41, 5.74) is 2.73. The Morgan fingerprint density at radius 1 is 1.60 bits per heavy atom. The second-order valence-electron chi connectivity index (χ2n) is 2.91. The summed E-state index contributed by atoms with van der Waals surface area (Å²) in [7, 11) is 2.14. The Balaban J connectivity index is 2.61. The molecular formula is C9H15N. The topological polar surface area (TPSA) is 3.24 Å². The molecule has 0 N–H and O–H groups in total. The number of likely N-dealkylation sites (tertiary alicyclic amines) is 1. The van der Waals surface area contributed by atoms with Crippen molar-refractivity contribution in [2.24, 2.45) is 0 Å². The number of nitrogens with zero attached hydrogens (tertiary/aromatic N) is 1. The Labute approximate surface area is 63.0 Å². The van der Waals surface area contributed by atoms with Gasteiger partial charge in [0.05, 0.1) is 0 Å². The summed E-state index contributed by atoms with van der Waals surface area (Å²) in [5, 5.41) is 0. The number of piperidine rings is 1. The summed E-state index contributed by atoms with van der Waals surface area (Å²) < 4.78 is 0. The molecule has 0 bridgehead atoms. The second-order valence-corrected chi connectivity index (χ2v) is 2.91. The van der Waals surface area contributed by atoms with Gasteiger partial charge in [0.1, 0.15) is 0 Å². The maximum Gasteiger partial charge on any atom is 0.0227 e. The minimum atomic E-state index is 1.04. The van der Waals surface area contributed by atoms with Crippen LogP contribution in [0.1, 0.15) is 13.3 Å². The van der Waals surface area contributed by atoms with E-state index in [1.165, 1.54) is 24.1 Å². The van der Waals surface area contributed by atoms with E-state index in [4.69, 9.17) is 0 Å². The zero-order valence-corrected chi connectivity index (χ0v) is 6.85. The van der Waals surface area contributed by atoms with Crippen LogP contribution in [0.4, 0.5) is 0 Å². The average Bonchev–Trinajstić information content (AvgIpc) is 1.88. The normalized spacial score (nSPS) is 25.8. The summed E-state index contributed by atoms with van der Waals surface area (Å²) >= 11 is 0. The lowest BCUT2D eigenvalue weighted by atomic mass is 10.00. The van der Waals surface area contributed by atoms with Gasteiger partial charge in [0.25, 0.3) is 0 Å². The number of allylic oxidation sites excluding steroid dienone is 1. The van der Waals surface area contributed by atoms with Crippen LogP contribution in [0.5, 0.6) is 0 Å². The summed E-state index contributed by atoms with van der Waals surface area (Å²) in [6, 6.07) is 0. The van der Waals surface area contributed by atoms with E-state index in [0.29, 0.717) is 0 Å². The Hall–Kier alpha value is -0.560. The fourth-order valence-corrected chi connectivity index (χ4v) is 1.34. The van der Waals surface area contributed by atoms with Crippen LogP contribution in [-0.2, 0) is 0 Å². The highest BCUT2D eigenvalue weighted by Gasteiger charge is 2.11. The van der Waals surface area contributed by atoms with Gasteiger partial charge in [0, 0.05) is 13.1 Å². The van der Waals surface area contributed by atoms with Crippen LogP contribution in [-0.4, -0.2) is 25.0 Å². The molecule has 1 fully saturated rings. The Kier molecular flexibility index (Phi) is 2.28. The lowest BCUT2D eigenvalue weighted by molar-refractivity contribution is 0.348. The maximum absolute atomic E-state index is 4.01. The first-order valence-corrected chi connectivity index (χ1v) is 3.76. The van der Waals surface area contributed by atoms with Gasteiger partial charge < -0.3 is 4.90 Å². The molecule has 1 heteroatoms. The smallest absolute Gasteiger partial charge is 0.0227 e. The van der Waals surface area contributed by atoms with Crippen molar-refractivity contribution < 1.29 is 0 Å². The second kappa shape index (κ2) is 3.02. The standard InChI is InChI=1S/C9H15N/c1-4-9-5-6-10(3)7-8(9)2/h4H,2,5-7H2,1,3H3/b9-4+. The monoisotopic (exact) mass is 137 g/mol. The molecule has 0 aromatic heterocycles. The highest BCUT2D eigenvalue weighted by molar-refractivity contribution is 5.31. The Bertz CT molecular complexity index is 168. The largest absolute Gasteiger partial charge is 0.302 e. The fourth-order valence-electron chi connectivity index (χ4n) is 1.34. The highest BCUT2D eigenvalue weighted by Crippen LogP contribution is 2.18. The molecule has 0 spiro atoms. The van der Waals surface area contributed by atoms with Gasteiger partial charge in [0.2, 0.25) is 0 Å². The van der Waals surface area contributed by atoms with Gasteiger partial charge in [-0.1, -0.05) is 12.7 Å². The Morgan fingerprint density at radius 3 is 2.80 bits per heavy atom. The molecule has 0 aromatic carbocycles. The van der Waals surface area contributed by atoms with Crippen molar-refractivity contribution in [1.82, 2.24) is 4.90 Å². The van der Waals surface area contributed by atoms with Crippen LogP contribution < -0.4 is 0 Å². The first-order valence-electron chi connectivity index (χ1n) is 3.76. The van der Waals surface area contributed by atoms with Crippen molar-refractivity contribution in [2.45, 2.75) is 13.3 Å². The predicted molar refractivity (Wildman–Crippen MR) is 45.0 cm³/mol. The van der Waals surface area contributed by atoms with E-state index in [-0.39, 0.29) is 0 Å². The molecule has 1 heterocycles. The van der Waals surface area contributed by atoms with Gasteiger partial charge in [-0.15, -0.1) is 0 Å². The number of hydrogen-bond donors (Lipinski definition) is 0. The predicted octanol–water partition coefficient (Wildman–Crippen LogP) is 1.82. The van der Waals surface area contributed by atoms with Crippen LogP contribution in [0.3, 0.4) is 0 Å². The van der Waals surface area contributed by atoms with Crippen LogP contribution >= 0.6 is 0 Å². The minimum Gasteiger partial charge on any atom is -0.302 e. The van der Waals surface area contributed by atoms with Gasteiger partial charge in [-0.25, -0.2) is 0 Å². The molecule has 1 saturated heterocycles.